The van der Waals surface area contributed by atoms with Crippen LogP contribution in [0.15, 0.2) is 41.4 Å². The zero-order chi connectivity index (χ0) is 14.4. The van der Waals surface area contributed by atoms with Crippen LogP contribution >= 0.6 is 0 Å². The van der Waals surface area contributed by atoms with Crippen molar-refractivity contribution in [3.05, 3.63) is 47.6 Å². The van der Waals surface area contributed by atoms with E-state index in [1.54, 1.807) is 24.8 Å². The molecule has 104 valence electrons. The predicted octanol–water partition coefficient (Wildman–Crippen LogP) is 2.29. The van der Waals surface area contributed by atoms with Gasteiger partial charge in [0.15, 0.2) is 0 Å². The Kier molecular flexibility index (Phi) is 4.65. The summed E-state index contributed by atoms with van der Waals surface area (Å²) in [6.07, 6.45) is 11.4. The molecule has 0 aliphatic carbocycles. The molecule has 0 radical (unpaired) electrons. The standard InChI is InChI=1S/C15H18N4O/c1-3-11(5-7-16-4-2)19-14-10-17-9-13-12(14)6-8-18-15(13)20/h3-5,7,9-10,19H,6,8H2,1-2H3,(H,18,20)/b7-5-,11-3+,16-4?. The third-order valence-electron chi connectivity index (χ3n) is 3.04. The van der Waals surface area contributed by atoms with Crippen molar-refractivity contribution in [2.24, 2.45) is 4.99 Å². The maximum Gasteiger partial charge on any atom is 0.253 e. The highest BCUT2D eigenvalue weighted by Gasteiger charge is 2.19. The number of fused-ring (bicyclic) bond motifs is 1. The molecule has 5 heteroatoms. The highest BCUT2D eigenvalue weighted by Crippen LogP contribution is 2.23. The summed E-state index contributed by atoms with van der Waals surface area (Å²) in [5, 5.41) is 6.11. The largest absolute Gasteiger partial charge is 0.354 e. The van der Waals surface area contributed by atoms with Gasteiger partial charge in [-0.25, -0.2) is 0 Å². The van der Waals surface area contributed by atoms with Gasteiger partial charge in [0.05, 0.1) is 17.4 Å². The molecule has 5 nitrogen and oxygen atoms in total. The number of carbonyl (C=O) groups excluding carboxylic acids is 1. The minimum absolute atomic E-state index is 0.0597. The first-order chi connectivity index (χ1) is 9.76. The zero-order valence-corrected chi connectivity index (χ0v) is 11.7. The third-order valence-corrected chi connectivity index (χ3v) is 3.04. The number of amides is 1. The number of rotatable bonds is 4. The quantitative estimate of drug-likeness (QED) is 0.651. The predicted molar refractivity (Wildman–Crippen MR) is 81.0 cm³/mol. The first-order valence-corrected chi connectivity index (χ1v) is 6.59. The second kappa shape index (κ2) is 6.65. The first kappa shape index (κ1) is 14.0. The van der Waals surface area contributed by atoms with Crippen LogP contribution < -0.4 is 10.6 Å². The van der Waals surface area contributed by atoms with Crippen LogP contribution in [0.3, 0.4) is 0 Å². The van der Waals surface area contributed by atoms with Gasteiger partial charge in [-0.2, -0.15) is 0 Å². The summed E-state index contributed by atoms with van der Waals surface area (Å²) in [7, 11) is 0. The van der Waals surface area contributed by atoms with Gasteiger partial charge in [-0.3, -0.25) is 14.8 Å². The molecule has 20 heavy (non-hydrogen) atoms. The number of allylic oxidation sites excluding steroid dienone is 2. The van der Waals surface area contributed by atoms with Crippen molar-refractivity contribution in [3.63, 3.8) is 0 Å². The van der Waals surface area contributed by atoms with Crippen molar-refractivity contribution >= 4 is 17.8 Å². The molecule has 0 saturated heterocycles. The number of aromatic nitrogens is 1. The van der Waals surface area contributed by atoms with E-state index in [1.165, 1.54) is 0 Å². The van der Waals surface area contributed by atoms with Crippen molar-refractivity contribution < 1.29 is 4.79 Å². The van der Waals surface area contributed by atoms with E-state index < -0.39 is 0 Å². The van der Waals surface area contributed by atoms with Crippen molar-refractivity contribution in [2.75, 3.05) is 11.9 Å². The minimum Gasteiger partial charge on any atom is -0.354 e. The van der Waals surface area contributed by atoms with Crippen molar-refractivity contribution in [2.45, 2.75) is 20.3 Å². The van der Waals surface area contributed by atoms with E-state index in [-0.39, 0.29) is 5.91 Å². The van der Waals surface area contributed by atoms with E-state index in [4.69, 9.17) is 0 Å². The summed E-state index contributed by atoms with van der Waals surface area (Å²) in [5.41, 5.74) is 3.44. The SMILES string of the molecule is CC=N/C=C\C(=C/C)Nc1cncc2c1CCNC2=O. The van der Waals surface area contributed by atoms with Gasteiger partial charge in [-0.15, -0.1) is 0 Å². The highest BCUT2D eigenvalue weighted by atomic mass is 16.1. The lowest BCUT2D eigenvalue weighted by Gasteiger charge is -2.20. The van der Waals surface area contributed by atoms with E-state index in [0.29, 0.717) is 12.1 Å². The fourth-order valence-corrected chi connectivity index (χ4v) is 2.03. The lowest BCUT2D eigenvalue weighted by Crippen LogP contribution is -2.32. The lowest BCUT2D eigenvalue weighted by molar-refractivity contribution is 0.0945. The van der Waals surface area contributed by atoms with E-state index in [1.807, 2.05) is 26.0 Å². The van der Waals surface area contributed by atoms with E-state index in [0.717, 1.165) is 23.4 Å². The summed E-state index contributed by atoms with van der Waals surface area (Å²) in [4.78, 5) is 19.9. The molecule has 0 saturated carbocycles. The van der Waals surface area contributed by atoms with Crippen LogP contribution in [-0.2, 0) is 6.42 Å². The fraction of sp³-hybridized carbons (Fsp3) is 0.267. The van der Waals surface area contributed by atoms with Crippen LogP contribution in [-0.4, -0.2) is 23.7 Å². The summed E-state index contributed by atoms with van der Waals surface area (Å²) < 4.78 is 0. The molecule has 1 aliphatic heterocycles. The summed E-state index contributed by atoms with van der Waals surface area (Å²) >= 11 is 0. The molecule has 0 aromatic carbocycles. The Morgan fingerprint density at radius 3 is 3.05 bits per heavy atom. The van der Waals surface area contributed by atoms with Gasteiger partial charge >= 0.3 is 0 Å². The molecule has 2 rings (SSSR count). The Bertz CT molecular complexity index is 588. The number of nitrogens with zero attached hydrogens (tertiary/aromatic N) is 2. The average molecular weight is 270 g/mol. The topological polar surface area (TPSA) is 66.4 Å². The second-order valence-electron chi connectivity index (χ2n) is 4.31. The summed E-state index contributed by atoms with van der Waals surface area (Å²) in [6, 6.07) is 0. The van der Waals surface area contributed by atoms with Gasteiger partial charge in [0, 0.05) is 30.9 Å². The van der Waals surface area contributed by atoms with Gasteiger partial charge in [-0.05, 0) is 31.9 Å². The molecular formula is C15H18N4O. The Balaban J connectivity index is 2.25. The molecule has 2 heterocycles. The molecule has 1 amide bonds. The monoisotopic (exact) mass is 270 g/mol. The molecular weight excluding hydrogens is 252 g/mol. The Morgan fingerprint density at radius 2 is 2.30 bits per heavy atom. The number of pyridine rings is 1. The summed E-state index contributed by atoms with van der Waals surface area (Å²) in [5.74, 6) is -0.0597. The molecule has 1 aliphatic rings. The van der Waals surface area contributed by atoms with Crippen LogP contribution in [0.5, 0.6) is 0 Å². The van der Waals surface area contributed by atoms with Crippen LogP contribution in [0, 0.1) is 0 Å². The minimum atomic E-state index is -0.0597. The maximum absolute atomic E-state index is 11.8. The first-order valence-electron chi connectivity index (χ1n) is 6.59. The molecule has 0 atom stereocenters. The normalized spacial score (nSPS) is 15.5. The number of carbonyl (C=O) groups is 1. The molecule has 0 unspecified atom stereocenters. The smallest absolute Gasteiger partial charge is 0.253 e. The average Bonchev–Trinajstić information content (AvgIpc) is 2.47. The maximum atomic E-state index is 11.8. The molecule has 0 fully saturated rings. The van der Waals surface area contributed by atoms with Crippen LogP contribution in [0.2, 0.25) is 0 Å². The Labute approximate surface area is 118 Å². The molecule has 2 N–H and O–H groups in total. The molecule has 1 aromatic rings. The lowest BCUT2D eigenvalue weighted by atomic mass is 10.0. The van der Waals surface area contributed by atoms with Crippen molar-refractivity contribution in [1.82, 2.24) is 10.3 Å². The number of anilines is 1. The number of hydrogen-bond acceptors (Lipinski definition) is 4. The van der Waals surface area contributed by atoms with Crippen molar-refractivity contribution in [1.29, 1.82) is 0 Å². The Morgan fingerprint density at radius 1 is 1.45 bits per heavy atom. The third kappa shape index (κ3) is 3.12. The molecule has 1 aromatic heterocycles. The fourth-order valence-electron chi connectivity index (χ4n) is 2.03. The van der Waals surface area contributed by atoms with Crippen LogP contribution in [0.4, 0.5) is 5.69 Å². The zero-order valence-electron chi connectivity index (χ0n) is 11.7. The van der Waals surface area contributed by atoms with Crippen LogP contribution in [0.25, 0.3) is 0 Å². The van der Waals surface area contributed by atoms with Gasteiger partial charge in [0.2, 0.25) is 0 Å². The molecule has 0 bridgehead atoms. The van der Waals surface area contributed by atoms with E-state index >= 15 is 0 Å². The molecule has 0 spiro atoms. The van der Waals surface area contributed by atoms with E-state index in [9.17, 15) is 4.79 Å². The van der Waals surface area contributed by atoms with Gasteiger partial charge in [-0.1, -0.05) is 6.08 Å². The number of aliphatic imine (C=N–C) groups is 1. The number of nitrogens with one attached hydrogen (secondary N) is 2. The van der Waals surface area contributed by atoms with Gasteiger partial charge in [0.25, 0.3) is 5.91 Å². The highest BCUT2D eigenvalue weighted by molar-refractivity contribution is 5.97. The Hall–Kier alpha value is -2.43. The van der Waals surface area contributed by atoms with Gasteiger partial charge < -0.3 is 10.6 Å². The number of hydrogen-bond donors (Lipinski definition) is 2. The second-order valence-corrected chi connectivity index (χ2v) is 4.31. The van der Waals surface area contributed by atoms with Gasteiger partial charge in [0.1, 0.15) is 0 Å². The summed E-state index contributed by atoms with van der Waals surface area (Å²) in [6.45, 7) is 4.47. The van der Waals surface area contributed by atoms with E-state index in [2.05, 4.69) is 20.6 Å². The van der Waals surface area contributed by atoms with Crippen molar-refractivity contribution in [3.8, 4) is 0 Å². The van der Waals surface area contributed by atoms with Crippen LogP contribution in [0.1, 0.15) is 29.8 Å².